The highest BCUT2D eigenvalue weighted by Gasteiger charge is 2.25. The zero-order valence-electron chi connectivity index (χ0n) is 9.47. The van der Waals surface area contributed by atoms with Crippen LogP contribution in [0.4, 0.5) is 0 Å². The number of aliphatic imine (C=N–C) groups is 1. The van der Waals surface area contributed by atoms with E-state index in [0.717, 1.165) is 5.84 Å². The van der Waals surface area contributed by atoms with Crippen molar-refractivity contribution >= 4 is 23.0 Å². The van der Waals surface area contributed by atoms with Crippen LogP contribution in [0, 0.1) is 11.8 Å². The molecule has 0 saturated heterocycles. The molecule has 0 spiro atoms. The Balaban J connectivity index is 2.08. The molecule has 5 heteroatoms. The molecule has 4 nitrogen and oxygen atoms in total. The van der Waals surface area contributed by atoms with Gasteiger partial charge in [-0.15, -0.1) is 11.3 Å². The quantitative estimate of drug-likeness (QED) is 0.822. The fourth-order valence-electron chi connectivity index (χ4n) is 1.56. The molecule has 0 aromatic carbocycles. The Hall–Kier alpha value is -1.36. The molecule has 0 bridgehead atoms. The van der Waals surface area contributed by atoms with Crippen molar-refractivity contribution in [2.24, 2.45) is 27.7 Å². The van der Waals surface area contributed by atoms with E-state index in [9.17, 15) is 0 Å². The first-order valence-corrected chi connectivity index (χ1v) is 6.22. The van der Waals surface area contributed by atoms with E-state index in [0.29, 0.717) is 18.3 Å². The first-order valence-electron chi connectivity index (χ1n) is 5.34. The molecule has 0 fully saturated rings. The number of nitrogens with zero attached hydrogens (tertiary/aromatic N) is 2. The van der Waals surface area contributed by atoms with Crippen molar-refractivity contribution in [2.75, 3.05) is 0 Å². The van der Waals surface area contributed by atoms with Crippen molar-refractivity contribution < 1.29 is 0 Å². The summed E-state index contributed by atoms with van der Waals surface area (Å²) in [5.41, 5.74) is 8.69. The second kappa shape index (κ2) is 4.65. The van der Waals surface area contributed by atoms with Crippen LogP contribution in [-0.2, 0) is 6.54 Å². The zero-order chi connectivity index (χ0) is 11.5. The van der Waals surface area contributed by atoms with Crippen molar-refractivity contribution in [1.29, 1.82) is 0 Å². The van der Waals surface area contributed by atoms with E-state index in [1.807, 2.05) is 6.07 Å². The summed E-state index contributed by atoms with van der Waals surface area (Å²) in [5.74, 6) is 2.14. The summed E-state index contributed by atoms with van der Waals surface area (Å²) in [6, 6.07) is 4.12. The maximum absolute atomic E-state index is 5.76. The molecule has 2 heterocycles. The van der Waals surface area contributed by atoms with Gasteiger partial charge in [0.05, 0.1) is 6.54 Å². The molecular formula is C11H16N4S. The second-order valence-electron chi connectivity index (χ2n) is 4.01. The van der Waals surface area contributed by atoms with Crippen molar-refractivity contribution in [3.8, 4) is 0 Å². The minimum Gasteiger partial charge on any atom is -0.385 e. The van der Waals surface area contributed by atoms with E-state index in [1.165, 1.54) is 4.88 Å². The Morgan fingerprint density at radius 2 is 2.31 bits per heavy atom. The van der Waals surface area contributed by atoms with Gasteiger partial charge in [0, 0.05) is 16.7 Å². The predicted molar refractivity (Wildman–Crippen MR) is 68.5 cm³/mol. The summed E-state index contributed by atoms with van der Waals surface area (Å²) < 4.78 is 0. The van der Waals surface area contributed by atoms with Crippen LogP contribution < -0.4 is 11.2 Å². The van der Waals surface area contributed by atoms with Crippen LogP contribution >= 0.6 is 11.3 Å². The van der Waals surface area contributed by atoms with Crippen LogP contribution in [0.25, 0.3) is 0 Å². The summed E-state index contributed by atoms with van der Waals surface area (Å²) in [6.07, 6.45) is 0. The van der Waals surface area contributed by atoms with E-state index in [-0.39, 0.29) is 5.92 Å². The topological polar surface area (TPSA) is 62.8 Å². The molecule has 0 saturated carbocycles. The number of amidine groups is 2. The lowest BCUT2D eigenvalue weighted by Gasteiger charge is -2.25. The fourth-order valence-corrected chi connectivity index (χ4v) is 2.19. The highest BCUT2D eigenvalue weighted by molar-refractivity contribution is 7.09. The number of hydrazone groups is 1. The SMILES string of the molecule is CC1C(N)=NNC(=NCc2cccs2)C1C. The summed E-state index contributed by atoms with van der Waals surface area (Å²) in [4.78, 5) is 5.81. The Labute approximate surface area is 99.3 Å². The minimum atomic E-state index is 0.253. The molecule has 3 N–H and O–H groups in total. The third-order valence-electron chi connectivity index (χ3n) is 2.93. The van der Waals surface area contributed by atoms with E-state index in [2.05, 4.69) is 40.8 Å². The standard InChI is InChI=1S/C11H16N4S/c1-7-8(2)11(15-14-10(7)12)13-6-9-4-3-5-16-9/h3-5,7-8H,6H2,1-2H3,(H2,12,14)(H,13,15). The maximum Gasteiger partial charge on any atom is 0.123 e. The van der Waals surface area contributed by atoms with E-state index < -0.39 is 0 Å². The zero-order valence-corrected chi connectivity index (χ0v) is 10.3. The highest BCUT2D eigenvalue weighted by atomic mass is 32.1. The lowest BCUT2D eigenvalue weighted by Crippen LogP contribution is -2.42. The number of nitrogens with two attached hydrogens (primary N) is 1. The third kappa shape index (κ3) is 2.24. The average Bonchev–Trinajstić information content (AvgIpc) is 2.78. The number of hydrogen-bond acceptors (Lipinski definition) is 4. The van der Waals surface area contributed by atoms with Crippen molar-refractivity contribution in [1.82, 2.24) is 5.43 Å². The lowest BCUT2D eigenvalue weighted by molar-refractivity contribution is 0.571. The summed E-state index contributed by atoms with van der Waals surface area (Å²) in [5, 5.41) is 6.12. The van der Waals surface area contributed by atoms with E-state index in [1.54, 1.807) is 11.3 Å². The van der Waals surface area contributed by atoms with Gasteiger partial charge in [-0.1, -0.05) is 19.9 Å². The van der Waals surface area contributed by atoms with E-state index in [4.69, 9.17) is 5.73 Å². The highest BCUT2D eigenvalue weighted by Crippen LogP contribution is 2.17. The summed E-state index contributed by atoms with van der Waals surface area (Å²) in [7, 11) is 0. The molecule has 0 aliphatic carbocycles. The molecule has 86 valence electrons. The molecular weight excluding hydrogens is 220 g/mol. The average molecular weight is 236 g/mol. The van der Waals surface area contributed by atoms with Crippen LogP contribution in [0.2, 0.25) is 0 Å². The van der Waals surface area contributed by atoms with Gasteiger partial charge in [-0.05, 0) is 11.4 Å². The molecule has 1 aliphatic heterocycles. The van der Waals surface area contributed by atoms with Gasteiger partial charge >= 0.3 is 0 Å². The molecule has 2 unspecified atom stereocenters. The predicted octanol–water partition coefficient (Wildman–Crippen LogP) is 1.79. The van der Waals surface area contributed by atoms with Gasteiger partial charge < -0.3 is 5.73 Å². The number of hydrogen-bond donors (Lipinski definition) is 2. The van der Waals surface area contributed by atoms with E-state index >= 15 is 0 Å². The number of thiophene rings is 1. The molecule has 1 aromatic heterocycles. The molecule has 0 amide bonds. The lowest BCUT2D eigenvalue weighted by atomic mass is 9.93. The van der Waals surface area contributed by atoms with Crippen molar-refractivity contribution in [2.45, 2.75) is 20.4 Å². The number of rotatable bonds is 2. The van der Waals surface area contributed by atoms with Crippen LogP contribution in [-0.4, -0.2) is 11.7 Å². The van der Waals surface area contributed by atoms with Crippen LogP contribution in [0.1, 0.15) is 18.7 Å². The van der Waals surface area contributed by atoms with Gasteiger partial charge in [0.15, 0.2) is 0 Å². The number of nitrogens with one attached hydrogen (secondary N) is 1. The molecule has 1 aliphatic rings. The fraction of sp³-hybridized carbons (Fsp3) is 0.455. The van der Waals surface area contributed by atoms with Gasteiger partial charge in [-0.25, -0.2) is 0 Å². The van der Waals surface area contributed by atoms with Gasteiger partial charge in [0.25, 0.3) is 0 Å². The van der Waals surface area contributed by atoms with Crippen LogP contribution in [0.5, 0.6) is 0 Å². The Bertz CT molecular complexity index is 408. The van der Waals surface area contributed by atoms with Gasteiger partial charge in [0.2, 0.25) is 0 Å². The molecule has 2 rings (SSSR count). The smallest absolute Gasteiger partial charge is 0.123 e. The molecule has 0 radical (unpaired) electrons. The van der Waals surface area contributed by atoms with Crippen molar-refractivity contribution in [3.63, 3.8) is 0 Å². The Kier molecular flexibility index (Phi) is 3.24. The second-order valence-corrected chi connectivity index (χ2v) is 5.04. The monoisotopic (exact) mass is 236 g/mol. The van der Waals surface area contributed by atoms with Crippen LogP contribution in [0.15, 0.2) is 27.6 Å². The third-order valence-corrected chi connectivity index (χ3v) is 3.79. The van der Waals surface area contributed by atoms with Gasteiger partial charge in [-0.3, -0.25) is 10.4 Å². The normalized spacial score (nSPS) is 27.6. The molecule has 16 heavy (non-hydrogen) atoms. The molecule has 1 aromatic rings. The molecule has 2 atom stereocenters. The largest absolute Gasteiger partial charge is 0.385 e. The minimum absolute atomic E-state index is 0.253. The first kappa shape index (κ1) is 11.1. The summed E-state index contributed by atoms with van der Waals surface area (Å²) in [6.45, 7) is 4.91. The van der Waals surface area contributed by atoms with Crippen LogP contribution in [0.3, 0.4) is 0 Å². The first-order chi connectivity index (χ1) is 7.68. The van der Waals surface area contributed by atoms with Gasteiger partial charge in [0.1, 0.15) is 11.7 Å². The van der Waals surface area contributed by atoms with Crippen molar-refractivity contribution in [3.05, 3.63) is 22.4 Å². The maximum atomic E-state index is 5.76. The Morgan fingerprint density at radius 1 is 1.50 bits per heavy atom. The Morgan fingerprint density at radius 3 is 3.00 bits per heavy atom. The van der Waals surface area contributed by atoms with Gasteiger partial charge in [-0.2, -0.15) is 5.10 Å². The summed E-state index contributed by atoms with van der Waals surface area (Å²) >= 11 is 1.72.